The van der Waals surface area contributed by atoms with Gasteiger partial charge in [0.25, 0.3) is 0 Å². The number of carbonyl (C=O) groups excluding carboxylic acids is 1. The van der Waals surface area contributed by atoms with E-state index in [2.05, 4.69) is 47.8 Å². The van der Waals surface area contributed by atoms with Crippen LogP contribution in [0.5, 0.6) is 0 Å². The number of halogens is 3. The molecule has 1 rings (SSSR count). The highest BCUT2D eigenvalue weighted by atomic mass is 79.9. The van der Waals surface area contributed by atoms with E-state index in [-0.39, 0.29) is 5.78 Å². The first-order chi connectivity index (χ1) is 6.47. The normalized spacial score (nSPS) is 11.4. The molecule has 0 radical (unpaired) electrons. The summed E-state index contributed by atoms with van der Waals surface area (Å²) in [6, 6.07) is 7.33. The zero-order valence-electron chi connectivity index (χ0n) is 7.56. The van der Waals surface area contributed by atoms with Gasteiger partial charge in [0.2, 0.25) is 0 Å². The maximum atomic E-state index is 11.9. The van der Waals surface area contributed by atoms with Crippen LogP contribution >= 0.6 is 47.8 Å². The second kappa shape index (κ2) is 4.90. The molecule has 0 unspecified atom stereocenters. The van der Waals surface area contributed by atoms with Crippen molar-refractivity contribution in [1.82, 2.24) is 0 Å². The monoisotopic (exact) mass is 382 g/mol. The zero-order valence-corrected chi connectivity index (χ0v) is 12.3. The quantitative estimate of drug-likeness (QED) is 0.553. The van der Waals surface area contributed by atoms with Gasteiger partial charge in [0.05, 0.1) is 0 Å². The van der Waals surface area contributed by atoms with Crippen molar-refractivity contribution in [2.75, 3.05) is 0 Å². The molecule has 76 valence electrons. The molecule has 0 atom stereocenters. The lowest BCUT2D eigenvalue weighted by Gasteiger charge is -2.16. The Balaban J connectivity index is 2.96. The lowest BCUT2D eigenvalue weighted by Crippen LogP contribution is -2.23. The summed E-state index contributed by atoms with van der Waals surface area (Å²) in [6.45, 7) is 1.94. The second-order valence-electron chi connectivity index (χ2n) is 2.89. The predicted octanol–water partition coefficient (Wildman–Crippen LogP) is 4.53. The standard InChI is InChI=1S/C10H9Br3O/c1-2-10(12,13)9(14)7-3-5-8(11)6-4-7/h3-6H,2H2,1H3. The van der Waals surface area contributed by atoms with Gasteiger partial charge in [0.1, 0.15) is 3.23 Å². The molecular formula is C10H9Br3O. The van der Waals surface area contributed by atoms with E-state index in [1.54, 1.807) is 12.1 Å². The van der Waals surface area contributed by atoms with Crippen molar-refractivity contribution >= 4 is 53.6 Å². The summed E-state index contributed by atoms with van der Waals surface area (Å²) in [7, 11) is 0. The number of carbonyl (C=O) groups is 1. The summed E-state index contributed by atoms with van der Waals surface area (Å²) < 4.78 is 0.341. The first kappa shape index (κ1) is 12.4. The summed E-state index contributed by atoms with van der Waals surface area (Å²) in [5, 5.41) is 0. The van der Waals surface area contributed by atoms with Crippen molar-refractivity contribution in [3.63, 3.8) is 0 Å². The van der Waals surface area contributed by atoms with E-state index in [0.717, 1.165) is 4.47 Å². The molecule has 0 aliphatic carbocycles. The number of hydrogen-bond donors (Lipinski definition) is 0. The van der Waals surface area contributed by atoms with Crippen molar-refractivity contribution < 1.29 is 4.79 Å². The summed E-state index contributed by atoms with van der Waals surface area (Å²) in [5.74, 6) is 0.0486. The highest BCUT2D eigenvalue weighted by molar-refractivity contribution is 9.26. The molecule has 14 heavy (non-hydrogen) atoms. The lowest BCUT2D eigenvalue weighted by atomic mass is 10.1. The molecule has 0 aliphatic heterocycles. The Kier molecular flexibility index (Phi) is 4.34. The number of rotatable bonds is 3. The number of ketones is 1. The molecule has 0 saturated carbocycles. The lowest BCUT2D eigenvalue weighted by molar-refractivity contribution is 0.0981. The van der Waals surface area contributed by atoms with Crippen LogP contribution in [-0.2, 0) is 0 Å². The van der Waals surface area contributed by atoms with Gasteiger partial charge in [0, 0.05) is 10.0 Å². The van der Waals surface area contributed by atoms with E-state index < -0.39 is 3.23 Å². The van der Waals surface area contributed by atoms with Gasteiger partial charge in [-0.1, -0.05) is 66.8 Å². The highest BCUT2D eigenvalue weighted by Crippen LogP contribution is 2.33. The van der Waals surface area contributed by atoms with E-state index in [0.29, 0.717) is 12.0 Å². The maximum Gasteiger partial charge on any atom is 0.190 e. The molecule has 0 bridgehead atoms. The SMILES string of the molecule is CCC(Br)(Br)C(=O)c1ccc(Br)cc1. The van der Waals surface area contributed by atoms with Crippen LogP contribution in [0.25, 0.3) is 0 Å². The Labute approximate surface area is 109 Å². The third-order valence-corrected chi connectivity index (χ3v) is 4.25. The average molecular weight is 385 g/mol. The van der Waals surface area contributed by atoms with E-state index in [4.69, 9.17) is 0 Å². The summed E-state index contributed by atoms with van der Waals surface area (Å²) in [4.78, 5) is 11.9. The number of Topliss-reactive ketones (excluding diaryl/α,β-unsaturated/α-hetero) is 1. The molecule has 0 N–H and O–H groups in total. The number of benzene rings is 1. The third-order valence-electron chi connectivity index (χ3n) is 1.88. The van der Waals surface area contributed by atoms with Crippen LogP contribution in [0.15, 0.2) is 28.7 Å². The smallest absolute Gasteiger partial charge is 0.190 e. The fraction of sp³-hybridized carbons (Fsp3) is 0.300. The van der Waals surface area contributed by atoms with E-state index in [1.165, 1.54) is 0 Å². The third kappa shape index (κ3) is 2.91. The molecule has 0 fully saturated rings. The van der Waals surface area contributed by atoms with Crippen molar-refractivity contribution in [1.29, 1.82) is 0 Å². The maximum absolute atomic E-state index is 11.9. The highest BCUT2D eigenvalue weighted by Gasteiger charge is 2.30. The molecule has 0 heterocycles. The van der Waals surface area contributed by atoms with E-state index in [9.17, 15) is 4.79 Å². The Morgan fingerprint density at radius 3 is 2.21 bits per heavy atom. The summed E-state index contributed by atoms with van der Waals surface area (Å²) in [6.07, 6.45) is 0.696. The minimum Gasteiger partial charge on any atom is -0.292 e. The molecule has 0 aliphatic rings. The van der Waals surface area contributed by atoms with Crippen LogP contribution in [0.2, 0.25) is 0 Å². The molecule has 1 aromatic rings. The minimum absolute atomic E-state index is 0.0486. The average Bonchev–Trinajstić information content (AvgIpc) is 2.18. The first-order valence-corrected chi connectivity index (χ1v) is 6.53. The fourth-order valence-electron chi connectivity index (χ4n) is 0.973. The van der Waals surface area contributed by atoms with Gasteiger partial charge in [-0.15, -0.1) is 0 Å². The van der Waals surface area contributed by atoms with E-state index in [1.807, 2.05) is 19.1 Å². The molecule has 1 nitrogen and oxygen atoms in total. The van der Waals surface area contributed by atoms with Crippen molar-refractivity contribution in [2.24, 2.45) is 0 Å². The number of alkyl halides is 2. The van der Waals surface area contributed by atoms with Gasteiger partial charge in [-0.2, -0.15) is 0 Å². The van der Waals surface area contributed by atoms with E-state index >= 15 is 0 Å². The zero-order chi connectivity index (χ0) is 10.8. The predicted molar refractivity (Wildman–Crippen MR) is 69.3 cm³/mol. The van der Waals surface area contributed by atoms with Gasteiger partial charge in [-0.25, -0.2) is 0 Å². The Morgan fingerprint density at radius 2 is 1.79 bits per heavy atom. The Bertz CT molecular complexity index is 330. The molecule has 0 spiro atoms. The van der Waals surface area contributed by atoms with Crippen LogP contribution in [0.4, 0.5) is 0 Å². The summed E-state index contributed by atoms with van der Waals surface area (Å²) in [5.41, 5.74) is 0.698. The van der Waals surface area contributed by atoms with Crippen LogP contribution < -0.4 is 0 Å². The molecule has 0 aromatic heterocycles. The van der Waals surface area contributed by atoms with Gasteiger partial charge in [0.15, 0.2) is 5.78 Å². The van der Waals surface area contributed by atoms with Crippen molar-refractivity contribution in [3.8, 4) is 0 Å². The van der Waals surface area contributed by atoms with Crippen LogP contribution in [-0.4, -0.2) is 9.02 Å². The van der Waals surface area contributed by atoms with Gasteiger partial charge in [-0.3, -0.25) is 4.79 Å². The summed E-state index contributed by atoms with van der Waals surface area (Å²) >= 11 is 10.0. The minimum atomic E-state index is -0.631. The van der Waals surface area contributed by atoms with Gasteiger partial charge < -0.3 is 0 Å². The van der Waals surface area contributed by atoms with Gasteiger partial charge in [-0.05, 0) is 18.6 Å². The molecule has 0 saturated heterocycles. The molecule has 0 amide bonds. The van der Waals surface area contributed by atoms with Gasteiger partial charge >= 0.3 is 0 Å². The van der Waals surface area contributed by atoms with Crippen molar-refractivity contribution in [2.45, 2.75) is 16.6 Å². The fourth-order valence-corrected chi connectivity index (χ4v) is 1.70. The first-order valence-electron chi connectivity index (χ1n) is 4.15. The Hall–Kier alpha value is 0.330. The number of hydrogen-bond acceptors (Lipinski definition) is 1. The topological polar surface area (TPSA) is 17.1 Å². The van der Waals surface area contributed by atoms with Crippen molar-refractivity contribution in [3.05, 3.63) is 34.3 Å². The van der Waals surface area contributed by atoms with Crippen LogP contribution in [0.1, 0.15) is 23.7 Å². The molecule has 1 aromatic carbocycles. The van der Waals surface area contributed by atoms with Crippen LogP contribution in [0, 0.1) is 0 Å². The second-order valence-corrected chi connectivity index (χ2v) is 7.58. The molecular weight excluding hydrogens is 376 g/mol. The van der Waals surface area contributed by atoms with Crippen LogP contribution in [0.3, 0.4) is 0 Å². The Morgan fingerprint density at radius 1 is 1.29 bits per heavy atom. The largest absolute Gasteiger partial charge is 0.292 e. The molecule has 4 heteroatoms.